The maximum atomic E-state index is 5.42. The van der Waals surface area contributed by atoms with E-state index in [2.05, 4.69) is 61.1 Å². The molecule has 134 valence electrons. The van der Waals surface area contributed by atoms with Crippen LogP contribution in [-0.2, 0) is 4.74 Å². The highest BCUT2D eigenvalue weighted by Crippen LogP contribution is 2.34. The van der Waals surface area contributed by atoms with Crippen molar-refractivity contribution in [1.82, 2.24) is 9.97 Å². The Balaban J connectivity index is 1.92. The minimum absolute atomic E-state index is 0.446. The van der Waals surface area contributed by atoms with E-state index < -0.39 is 0 Å². The van der Waals surface area contributed by atoms with Crippen molar-refractivity contribution >= 4 is 17.5 Å². The van der Waals surface area contributed by atoms with Gasteiger partial charge >= 0.3 is 0 Å². The minimum atomic E-state index is 0.446. The van der Waals surface area contributed by atoms with E-state index in [4.69, 9.17) is 9.72 Å². The average Bonchev–Trinajstić information content (AvgIpc) is 2.62. The monoisotopic (exact) mass is 340 g/mol. The van der Waals surface area contributed by atoms with Crippen LogP contribution in [0.15, 0.2) is 30.5 Å². The lowest BCUT2D eigenvalue weighted by Crippen LogP contribution is -2.37. The van der Waals surface area contributed by atoms with Gasteiger partial charge in [0.1, 0.15) is 5.82 Å². The molecule has 0 atom stereocenters. The largest absolute Gasteiger partial charge is 0.378 e. The SMILES string of the molecule is CC(C)c1cccc(C(C)C)c1Nc1ccnc(N2CCOCC2)n1. The molecule has 0 bridgehead atoms. The van der Waals surface area contributed by atoms with Gasteiger partial charge in [-0.2, -0.15) is 4.98 Å². The van der Waals surface area contributed by atoms with Crippen molar-refractivity contribution in [3.05, 3.63) is 41.6 Å². The Hall–Kier alpha value is -2.14. The summed E-state index contributed by atoms with van der Waals surface area (Å²) >= 11 is 0. The van der Waals surface area contributed by atoms with Crippen LogP contribution in [0.4, 0.5) is 17.5 Å². The van der Waals surface area contributed by atoms with E-state index in [1.807, 2.05) is 12.3 Å². The molecule has 3 rings (SSSR count). The zero-order valence-electron chi connectivity index (χ0n) is 15.6. The second-order valence-electron chi connectivity index (χ2n) is 7.09. The highest BCUT2D eigenvalue weighted by molar-refractivity contribution is 5.67. The number of benzene rings is 1. The fourth-order valence-corrected chi connectivity index (χ4v) is 3.16. The van der Waals surface area contributed by atoms with Crippen LogP contribution in [0.5, 0.6) is 0 Å². The fourth-order valence-electron chi connectivity index (χ4n) is 3.16. The zero-order chi connectivity index (χ0) is 17.8. The molecule has 0 amide bonds. The summed E-state index contributed by atoms with van der Waals surface area (Å²) in [6.07, 6.45) is 1.83. The van der Waals surface area contributed by atoms with Crippen molar-refractivity contribution < 1.29 is 4.74 Å². The maximum Gasteiger partial charge on any atom is 0.227 e. The van der Waals surface area contributed by atoms with Gasteiger partial charge in [0.05, 0.1) is 13.2 Å². The summed E-state index contributed by atoms with van der Waals surface area (Å²) in [6, 6.07) is 8.48. The van der Waals surface area contributed by atoms with E-state index >= 15 is 0 Å². The second kappa shape index (κ2) is 7.83. The molecule has 0 unspecified atom stereocenters. The Kier molecular flexibility index (Phi) is 5.53. The summed E-state index contributed by atoms with van der Waals surface area (Å²) in [4.78, 5) is 11.4. The molecule has 0 saturated carbocycles. The van der Waals surface area contributed by atoms with E-state index in [0.29, 0.717) is 11.8 Å². The molecule has 1 saturated heterocycles. The third kappa shape index (κ3) is 4.10. The molecule has 1 aliphatic heterocycles. The number of aromatic nitrogens is 2. The van der Waals surface area contributed by atoms with Gasteiger partial charge in [0.25, 0.3) is 0 Å². The molecular weight excluding hydrogens is 312 g/mol. The third-order valence-electron chi connectivity index (χ3n) is 4.56. The van der Waals surface area contributed by atoms with Gasteiger partial charge in [0, 0.05) is 25.0 Å². The number of hydrogen-bond donors (Lipinski definition) is 1. The summed E-state index contributed by atoms with van der Waals surface area (Å²) in [5, 5.41) is 3.57. The molecule has 0 aliphatic carbocycles. The number of para-hydroxylation sites is 1. The molecule has 2 aromatic rings. The topological polar surface area (TPSA) is 50.3 Å². The molecule has 25 heavy (non-hydrogen) atoms. The first-order valence-corrected chi connectivity index (χ1v) is 9.12. The quantitative estimate of drug-likeness (QED) is 0.879. The van der Waals surface area contributed by atoms with Crippen LogP contribution in [0.2, 0.25) is 0 Å². The van der Waals surface area contributed by atoms with Crippen LogP contribution in [-0.4, -0.2) is 36.3 Å². The number of hydrogen-bond acceptors (Lipinski definition) is 5. The van der Waals surface area contributed by atoms with E-state index in [1.165, 1.54) is 16.8 Å². The molecule has 0 radical (unpaired) electrons. The predicted molar refractivity (Wildman–Crippen MR) is 103 cm³/mol. The Labute approximate surface area is 150 Å². The number of ether oxygens (including phenoxy) is 1. The zero-order valence-corrected chi connectivity index (χ0v) is 15.6. The van der Waals surface area contributed by atoms with Crippen LogP contribution >= 0.6 is 0 Å². The molecule has 5 heteroatoms. The molecule has 1 fully saturated rings. The Morgan fingerprint density at radius 1 is 1.00 bits per heavy atom. The molecule has 1 aromatic heterocycles. The van der Waals surface area contributed by atoms with Crippen molar-refractivity contribution in [3.63, 3.8) is 0 Å². The van der Waals surface area contributed by atoms with Gasteiger partial charge < -0.3 is 15.0 Å². The van der Waals surface area contributed by atoms with Gasteiger partial charge in [-0.25, -0.2) is 4.98 Å². The van der Waals surface area contributed by atoms with Crippen LogP contribution in [0.3, 0.4) is 0 Å². The van der Waals surface area contributed by atoms with Gasteiger partial charge in [0.2, 0.25) is 5.95 Å². The Bertz CT molecular complexity index is 682. The Morgan fingerprint density at radius 2 is 1.64 bits per heavy atom. The lowest BCUT2D eigenvalue weighted by Gasteiger charge is -2.27. The molecule has 0 spiro atoms. The number of nitrogens with zero attached hydrogens (tertiary/aromatic N) is 3. The smallest absolute Gasteiger partial charge is 0.227 e. The van der Waals surface area contributed by atoms with Crippen molar-refractivity contribution in [2.75, 3.05) is 36.5 Å². The summed E-state index contributed by atoms with van der Waals surface area (Å²) in [7, 11) is 0. The third-order valence-corrected chi connectivity index (χ3v) is 4.56. The van der Waals surface area contributed by atoms with E-state index in [1.54, 1.807) is 0 Å². The van der Waals surface area contributed by atoms with E-state index in [-0.39, 0.29) is 0 Å². The van der Waals surface area contributed by atoms with Crippen LogP contribution in [0.1, 0.15) is 50.7 Å². The van der Waals surface area contributed by atoms with Crippen molar-refractivity contribution in [3.8, 4) is 0 Å². The number of nitrogens with one attached hydrogen (secondary N) is 1. The van der Waals surface area contributed by atoms with Gasteiger partial charge in [-0.1, -0.05) is 45.9 Å². The van der Waals surface area contributed by atoms with Gasteiger partial charge in [-0.15, -0.1) is 0 Å². The number of rotatable bonds is 5. The second-order valence-corrected chi connectivity index (χ2v) is 7.09. The average molecular weight is 340 g/mol. The standard InChI is InChI=1S/C20H28N4O/c1-14(2)16-6-5-7-17(15(3)4)19(16)22-18-8-9-21-20(23-18)24-10-12-25-13-11-24/h5-9,14-15H,10-13H2,1-4H3,(H,21,22,23). The van der Waals surface area contributed by atoms with Crippen molar-refractivity contribution in [2.45, 2.75) is 39.5 Å². The molecular formula is C20H28N4O. The lowest BCUT2D eigenvalue weighted by molar-refractivity contribution is 0.122. The van der Waals surface area contributed by atoms with Gasteiger partial charge in [-0.3, -0.25) is 0 Å². The highest BCUT2D eigenvalue weighted by Gasteiger charge is 2.17. The van der Waals surface area contributed by atoms with Crippen molar-refractivity contribution in [1.29, 1.82) is 0 Å². The van der Waals surface area contributed by atoms with Gasteiger partial charge in [-0.05, 0) is 29.0 Å². The summed E-state index contributed by atoms with van der Waals surface area (Å²) < 4.78 is 5.42. The van der Waals surface area contributed by atoms with Crippen LogP contribution in [0, 0.1) is 0 Å². The normalized spacial score (nSPS) is 15.0. The highest BCUT2D eigenvalue weighted by atomic mass is 16.5. The minimum Gasteiger partial charge on any atom is -0.378 e. The molecule has 2 heterocycles. The van der Waals surface area contributed by atoms with Crippen LogP contribution < -0.4 is 10.2 Å². The molecule has 1 aromatic carbocycles. The first-order chi connectivity index (χ1) is 12.1. The first kappa shape index (κ1) is 17.7. The molecule has 1 aliphatic rings. The summed E-state index contributed by atoms with van der Waals surface area (Å²) in [6.45, 7) is 12.0. The maximum absolute atomic E-state index is 5.42. The van der Waals surface area contributed by atoms with Crippen molar-refractivity contribution in [2.24, 2.45) is 0 Å². The van der Waals surface area contributed by atoms with Crippen LogP contribution in [0.25, 0.3) is 0 Å². The Morgan fingerprint density at radius 3 is 2.24 bits per heavy atom. The first-order valence-electron chi connectivity index (χ1n) is 9.12. The number of anilines is 3. The summed E-state index contributed by atoms with van der Waals surface area (Å²) in [5.74, 6) is 2.50. The predicted octanol–water partition coefficient (Wildman–Crippen LogP) is 4.30. The van der Waals surface area contributed by atoms with E-state index in [9.17, 15) is 0 Å². The van der Waals surface area contributed by atoms with Gasteiger partial charge in [0.15, 0.2) is 0 Å². The molecule has 5 nitrogen and oxygen atoms in total. The number of morpholine rings is 1. The lowest BCUT2D eigenvalue weighted by atomic mass is 9.92. The van der Waals surface area contributed by atoms with E-state index in [0.717, 1.165) is 38.1 Å². The fraction of sp³-hybridized carbons (Fsp3) is 0.500. The molecule has 1 N–H and O–H groups in total. The summed E-state index contributed by atoms with van der Waals surface area (Å²) in [5.41, 5.74) is 3.81.